The summed E-state index contributed by atoms with van der Waals surface area (Å²) in [5, 5.41) is 45.1. The van der Waals surface area contributed by atoms with Crippen LogP contribution in [0.1, 0.15) is 177 Å². The Kier molecular flexibility index (Phi) is 11.6. The summed E-state index contributed by atoms with van der Waals surface area (Å²) in [5.74, 6) is -0.313. The molecule has 0 radical (unpaired) electrons. The average Bonchev–Trinajstić information content (AvgIpc) is 0.728. The van der Waals surface area contributed by atoms with Crippen LogP contribution >= 0.6 is 0 Å². The molecular formula is C53H78N2O8. The van der Waals surface area contributed by atoms with E-state index in [-0.39, 0.29) is 81.6 Å². The van der Waals surface area contributed by atoms with Crippen LogP contribution in [0.15, 0.2) is 96.9 Å². The van der Waals surface area contributed by atoms with E-state index in [1.807, 2.05) is 0 Å². The van der Waals surface area contributed by atoms with E-state index in [0.717, 1.165) is 29.8 Å². The Labute approximate surface area is 420 Å². The number of hydrogen-bond acceptors (Lipinski definition) is 10. The van der Waals surface area contributed by atoms with E-state index in [4.69, 9.17) is 60.1 Å². The van der Waals surface area contributed by atoms with E-state index in [1.54, 1.807) is 32.0 Å². The third-order valence-corrected chi connectivity index (χ3v) is 8.61. The quantitative estimate of drug-likeness (QED) is 0.0271. The molecule has 1 aliphatic heterocycles. The van der Waals surface area contributed by atoms with Crippen molar-refractivity contribution in [2.24, 2.45) is 0 Å². The molecule has 2 atom stereocenters. The zero-order chi connectivity index (χ0) is 71.5. The number of benzene rings is 4. The number of unbranched alkanes of at least 4 members (excludes halogenated alkanes) is 2. The zero-order valence-corrected chi connectivity index (χ0v) is 35.3. The van der Waals surface area contributed by atoms with E-state index in [2.05, 4.69) is 10.6 Å². The Morgan fingerprint density at radius 2 is 1.19 bits per heavy atom. The van der Waals surface area contributed by atoms with Crippen LogP contribution in [0.25, 0.3) is 0 Å². The van der Waals surface area contributed by atoms with Gasteiger partial charge in [0.2, 0.25) is 5.79 Å². The number of aliphatic hydroxyl groups is 3. The van der Waals surface area contributed by atoms with Gasteiger partial charge in [0.05, 0.1) is 44.6 Å². The second-order valence-corrected chi connectivity index (χ2v) is 14.0. The lowest BCUT2D eigenvalue weighted by atomic mass is 10.0. The summed E-state index contributed by atoms with van der Waals surface area (Å²) in [6.07, 6.45) is -26.1. The predicted molar refractivity (Wildman–Crippen MR) is 253 cm³/mol. The third kappa shape index (κ3) is 22.1. The van der Waals surface area contributed by atoms with E-state index in [0.29, 0.717) is 16.9 Å². The summed E-state index contributed by atoms with van der Waals surface area (Å²) < 4.78 is 264. The number of aliphatic hydroxyl groups excluding tert-OH is 3. The molecule has 10 heteroatoms. The Balaban J connectivity index is 0.000000397. The van der Waals surface area contributed by atoms with E-state index < -0.39 is 150 Å². The maximum atomic E-state index is 10.6. The fraction of sp³-hybridized carbons (Fsp3) is 0.547. The highest BCUT2D eigenvalue weighted by Gasteiger charge is 2.27. The van der Waals surface area contributed by atoms with E-state index in [9.17, 15) is 20.4 Å². The number of ether oxygens (including phenoxy) is 4. The number of hydrogen-bond donors (Lipinski definition) is 6. The van der Waals surface area contributed by atoms with Crippen molar-refractivity contribution in [2.75, 3.05) is 52.3 Å². The predicted octanol–water partition coefficient (Wildman–Crippen LogP) is 9.66. The molecule has 4 aromatic rings. The Bertz CT molecular complexity index is 3140. The molecular weight excluding hydrogens is 793 g/mol. The SMILES string of the molecule is [2H]c1cc([2H])c(C([2H])([2H])C([2H])([2H])C([2H])([2H])C([2H])([2H])OC([2H])([2H])CCCCC([2H])([2H])NCC(O)c2ccc(O)c(CO)c2)c([2H])c1.[2H]c1cc([2H])c(C([2H])([2H])C([2H])([2H])C([2H])([2H])C([2H])([2H])OC([2H])([2H])CCCCC([2H])([2H])NCC(O)c2ccc3c(c2)COC(C)(C)O3)c([2H])c1. The first kappa shape index (κ1) is 23.6. The van der Waals surface area contributed by atoms with Crippen molar-refractivity contribution in [3.05, 3.63) is 130 Å². The maximum absolute atomic E-state index is 10.6. The first-order chi connectivity index (χ1) is 42.0. The normalized spacial score (nSPS) is 23.7. The van der Waals surface area contributed by atoms with Gasteiger partial charge in [-0.1, -0.05) is 98.3 Å². The molecule has 63 heavy (non-hydrogen) atoms. The number of nitrogens with one attached hydrogen (secondary N) is 2. The molecule has 10 nitrogen and oxygen atoms in total. The van der Waals surface area contributed by atoms with Crippen LogP contribution < -0.4 is 15.4 Å². The lowest BCUT2D eigenvalue weighted by Crippen LogP contribution is -2.35. The van der Waals surface area contributed by atoms with Crippen LogP contribution in [0.4, 0.5) is 0 Å². The summed E-state index contributed by atoms with van der Waals surface area (Å²) in [7, 11) is 0. The van der Waals surface area contributed by atoms with Crippen molar-refractivity contribution in [2.45, 2.75) is 135 Å². The molecule has 0 aromatic heterocycles. The molecule has 1 heterocycles. The van der Waals surface area contributed by atoms with Crippen molar-refractivity contribution >= 4 is 0 Å². The average molecular weight is 901 g/mol. The summed E-state index contributed by atoms with van der Waals surface area (Å²) in [5.41, 5.74) is -0.0598. The molecule has 6 N–H and O–H groups in total. The molecule has 0 aliphatic carbocycles. The Hall–Kier alpha value is -3.84. The lowest BCUT2D eigenvalue weighted by Gasteiger charge is -2.33. The Morgan fingerprint density at radius 1 is 0.683 bits per heavy atom. The van der Waals surface area contributed by atoms with Crippen molar-refractivity contribution in [3.8, 4) is 11.5 Å². The van der Waals surface area contributed by atoms with Crippen molar-refractivity contribution in [3.63, 3.8) is 0 Å². The first-order valence-electron chi connectivity index (χ1n) is 35.3. The highest BCUT2D eigenvalue weighted by molar-refractivity contribution is 5.39. The molecule has 2 unspecified atom stereocenters. The van der Waals surface area contributed by atoms with E-state index >= 15 is 0 Å². The summed E-state index contributed by atoms with van der Waals surface area (Å²) in [6.45, 7) is -14.4. The second kappa shape index (κ2) is 31.1. The molecule has 0 spiro atoms. The van der Waals surface area contributed by atoms with Crippen LogP contribution in [-0.4, -0.2) is 78.5 Å². The monoisotopic (exact) mass is 901 g/mol. The number of fused-ring (bicyclic) bond motifs is 1. The van der Waals surface area contributed by atoms with Gasteiger partial charge in [-0.3, -0.25) is 0 Å². The molecule has 0 amide bonds. The van der Waals surface area contributed by atoms with Gasteiger partial charge in [0.25, 0.3) is 0 Å². The molecule has 0 bridgehead atoms. The zero-order valence-electron chi connectivity index (χ0n) is 65.3. The van der Waals surface area contributed by atoms with Gasteiger partial charge >= 0.3 is 0 Å². The van der Waals surface area contributed by atoms with Gasteiger partial charge in [0.15, 0.2) is 0 Å². The van der Waals surface area contributed by atoms with E-state index in [1.165, 1.54) is 18.2 Å². The molecule has 0 saturated heterocycles. The van der Waals surface area contributed by atoms with Gasteiger partial charge in [-0.05, 0) is 123 Å². The van der Waals surface area contributed by atoms with Crippen molar-refractivity contribution in [1.82, 2.24) is 10.6 Å². The minimum absolute atomic E-state index is 0.0245. The maximum Gasteiger partial charge on any atom is 0.205 e. The molecule has 0 fully saturated rings. The molecule has 348 valence electrons. The topological polar surface area (TPSA) is 142 Å². The van der Waals surface area contributed by atoms with Gasteiger partial charge in [-0.15, -0.1) is 0 Å². The number of phenols is 1. The van der Waals surface area contributed by atoms with Crippen molar-refractivity contribution in [1.29, 1.82) is 0 Å². The standard InChI is InChI=1S/C28H41NO4.C25H37NO4/c1-28(2)32-22-25-20-24(15-16-27(25)33-28)26(30)21-29-17-9-3-4-10-18-31-19-11-8-14-23-12-6-5-7-13-23;27-20-23-18-22(13-14-24(23)28)25(29)19-26-15-7-1-2-8-16-30-17-9-6-12-21-10-4-3-5-11-21/h5-7,12-13,15-16,20,26,29-30H,3-4,8-11,14,17-19,21-22H2,1-2H3;3-5,10-11,13-14,18,25-29H,1-2,6-9,12,15-17,19-20H2/i5D,8D2,11D2,12D,13D,14D2,17D2,18D2,19D2;3D,6D2,9D2,10D,11D,12D2,15D2,16D2,17D2. The van der Waals surface area contributed by atoms with Crippen molar-refractivity contribution < 1.29 is 80.5 Å². The smallest absolute Gasteiger partial charge is 0.205 e. The Morgan fingerprint density at radius 3 is 1.73 bits per heavy atom. The number of rotatable bonds is 31. The fourth-order valence-electron chi connectivity index (χ4n) is 5.31. The lowest BCUT2D eigenvalue weighted by molar-refractivity contribution is -0.180. The van der Waals surface area contributed by atoms with Crippen LogP contribution in [0.5, 0.6) is 11.5 Å². The van der Waals surface area contributed by atoms with Gasteiger partial charge < -0.3 is 50.0 Å². The van der Waals surface area contributed by atoms with Crippen LogP contribution in [0, 0.1) is 0 Å². The van der Waals surface area contributed by atoms with Gasteiger partial charge in [0, 0.05) is 86.2 Å². The minimum Gasteiger partial charge on any atom is -0.508 e. The largest absolute Gasteiger partial charge is 0.508 e. The summed E-state index contributed by atoms with van der Waals surface area (Å²) >= 11 is 0. The molecule has 1 aliphatic rings. The van der Waals surface area contributed by atoms with Crippen LogP contribution in [0.3, 0.4) is 0 Å². The van der Waals surface area contributed by atoms with Gasteiger partial charge in [-0.25, -0.2) is 0 Å². The van der Waals surface area contributed by atoms with Gasteiger partial charge in [0.1, 0.15) is 11.5 Å². The van der Waals surface area contributed by atoms with Gasteiger partial charge in [-0.2, -0.15) is 0 Å². The van der Waals surface area contributed by atoms with Crippen LogP contribution in [-0.2, 0) is 40.2 Å². The number of aromatic hydroxyl groups is 1. The highest BCUT2D eigenvalue weighted by Crippen LogP contribution is 2.33. The minimum atomic E-state index is -3.88. The second-order valence-electron chi connectivity index (χ2n) is 14.0. The fourth-order valence-corrected chi connectivity index (χ4v) is 5.31. The summed E-state index contributed by atoms with van der Waals surface area (Å²) in [6, 6.07) is 8.74. The first-order valence-corrected chi connectivity index (χ1v) is 20.3. The molecule has 0 saturated carbocycles. The highest BCUT2D eigenvalue weighted by atomic mass is 16.7. The molecule has 4 aromatic carbocycles. The molecule has 5 rings (SSSR count). The summed E-state index contributed by atoms with van der Waals surface area (Å²) in [4.78, 5) is 0. The third-order valence-electron chi connectivity index (χ3n) is 8.61. The van der Waals surface area contributed by atoms with Crippen LogP contribution in [0.2, 0.25) is 0 Å².